The van der Waals surface area contributed by atoms with E-state index in [4.69, 9.17) is 15.3 Å². The lowest BCUT2D eigenvalue weighted by atomic mass is 9.84. The molecule has 12 heteroatoms. The molecule has 1 amide bonds. The van der Waals surface area contributed by atoms with Gasteiger partial charge in [0, 0.05) is 63.2 Å². The van der Waals surface area contributed by atoms with E-state index >= 15 is 0 Å². The number of carboxylic acids is 1. The molecule has 0 radical (unpaired) electrons. The summed E-state index contributed by atoms with van der Waals surface area (Å²) in [6.45, 7) is 6.76. The van der Waals surface area contributed by atoms with Crippen molar-refractivity contribution >= 4 is 51.9 Å². The minimum Gasteiger partial charge on any atom is -0.505 e. The molecule has 0 spiro atoms. The van der Waals surface area contributed by atoms with Crippen LogP contribution < -0.4 is 15.1 Å². The van der Waals surface area contributed by atoms with Gasteiger partial charge in [0.1, 0.15) is 18.2 Å². The molecule has 0 saturated carbocycles. The number of carbonyl (C=O) groups is 3. The maximum atomic E-state index is 13.7. The molecule has 2 aromatic rings. The van der Waals surface area contributed by atoms with E-state index in [-0.39, 0.29) is 59.5 Å². The van der Waals surface area contributed by atoms with Crippen molar-refractivity contribution in [2.24, 2.45) is 0 Å². The number of hydrogen-bond acceptors (Lipinski definition) is 8. The highest BCUT2D eigenvalue weighted by molar-refractivity contribution is 8.93. The molecule has 1 unspecified atom stereocenters. The third kappa shape index (κ3) is 6.70. The largest absolute Gasteiger partial charge is 0.505 e. The van der Waals surface area contributed by atoms with Gasteiger partial charge in [-0.3, -0.25) is 15.0 Å². The minimum atomic E-state index is -1.04. The van der Waals surface area contributed by atoms with E-state index in [0.717, 1.165) is 11.3 Å². The number of ketones is 1. The molecule has 1 atom stereocenters. The number of amidine groups is 1. The number of Topliss-reactive ketones (excluding diaryl/α,β-unsaturated/α-hetero) is 1. The standard InChI is InChI=1S/C30H39N5O6.BrH/c1-30(2,3)22-9-17(10-24(27(22)39)34-8-7-19(14-34)41-16-26(37)38)25(36)15-35-13-18-11-23(33(5)6)21(29(40)32-4)12-20(18)28(35)31;/h9-12,19,31,39H,7-8,13-16H2,1-6H3,(H,32,40)(H,37,38);1H. The number of hydrogen-bond donors (Lipinski definition) is 4. The number of rotatable bonds is 9. The van der Waals surface area contributed by atoms with Crippen LogP contribution in [0.4, 0.5) is 11.4 Å². The van der Waals surface area contributed by atoms with Crippen molar-refractivity contribution in [2.75, 3.05) is 57.2 Å². The maximum absolute atomic E-state index is 13.7. The number of carbonyl (C=O) groups excluding carboxylic acids is 2. The lowest BCUT2D eigenvalue weighted by molar-refractivity contribution is -0.143. The summed E-state index contributed by atoms with van der Waals surface area (Å²) in [4.78, 5) is 42.6. The highest BCUT2D eigenvalue weighted by Crippen LogP contribution is 2.41. The van der Waals surface area contributed by atoms with Gasteiger partial charge in [0.05, 0.1) is 23.9 Å². The third-order valence-corrected chi connectivity index (χ3v) is 7.59. The first-order chi connectivity index (χ1) is 19.2. The molecule has 2 heterocycles. The molecule has 0 bridgehead atoms. The first kappa shape index (κ1) is 32.9. The van der Waals surface area contributed by atoms with Crippen LogP contribution in [0, 0.1) is 5.41 Å². The smallest absolute Gasteiger partial charge is 0.329 e. The molecular formula is C30H40BrN5O6. The highest BCUT2D eigenvalue weighted by atomic mass is 79.9. The Balaban J connectivity index is 0.00000484. The predicted molar refractivity (Wildman–Crippen MR) is 167 cm³/mol. The molecule has 2 aliphatic rings. The van der Waals surface area contributed by atoms with Gasteiger partial charge in [0.2, 0.25) is 0 Å². The Morgan fingerprint density at radius 3 is 2.45 bits per heavy atom. The predicted octanol–water partition coefficient (Wildman–Crippen LogP) is 3.40. The molecule has 11 nitrogen and oxygen atoms in total. The number of nitrogens with one attached hydrogen (secondary N) is 2. The summed E-state index contributed by atoms with van der Waals surface area (Å²) < 4.78 is 5.47. The number of fused-ring (bicyclic) bond motifs is 1. The Labute approximate surface area is 256 Å². The summed E-state index contributed by atoms with van der Waals surface area (Å²) in [5, 5.41) is 31.6. The van der Waals surface area contributed by atoms with Crippen molar-refractivity contribution in [1.29, 1.82) is 5.41 Å². The van der Waals surface area contributed by atoms with E-state index in [1.807, 2.05) is 50.7 Å². The van der Waals surface area contributed by atoms with Gasteiger partial charge in [-0.2, -0.15) is 0 Å². The normalized spacial score (nSPS) is 16.2. The van der Waals surface area contributed by atoms with Crippen LogP contribution in [0.25, 0.3) is 0 Å². The SMILES string of the molecule is Br.CNC(=O)c1cc2c(cc1N(C)C)CN(CC(=O)c1cc(N3CCC(OCC(=O)O)C3)c(O)c(C(C)(C)C)c1)C2=N. The summed E-state index contributed by atoms with van der Waals surface area (Å²) in [7, 11) is 5.27. The van der Waals surface area contributed by atoms with Crippen molar-refractivity contribution in [3.05, 3.63) is 52.1 Å². The number of carboxylic acid groups (broad SMARTS) is 1. The molecule has 1 saturated heterocycles. The van der Waals surface area contributed by atoms with Gasteiger partial charge in [-0.05, 0) is 41.7 Å². The lowest BCUT2D eigenvalue weighted by Crippen LogP contribution is -2.31. The number of nitrogens with zero attached hydrogens (tertiary/aromatic N) is 3. The Hall–Kier alpha value is -3.64. The van der Waals surface area contributed by atoms with E-state index in [0.29, 0.717) is 54.0 Å². The number of aliphatic carboxylic acids is 1. The number of aromatic hydroxyl groups is 1. The molecule has 228 valence electrons. The summed E-state index contributed by atoms with van der Waals surface area (Å²) in [6.07, 6.45) is 0.310. The molecular weight excluding hydrogens is 606 g/mol. The van der Waals surface area contributed by atoms with Crippen molar-refractivity contribution in [3.63, 3.8) is 0 Å². The van der Waals surface area contributed by atoms with Crippen molar-refractivity contribution in [3.8, 4) is 5.75 Å². The summed E-state index contributed by atoms with van der Waals surface area (Å²) >= 11 is 0. The zero-order valence-corrected chi connectivity index (χ0v) is 26.6. The lowest BCUT2D eigenvalue weighted by Gasteiger charge is -2.27. The highest BCUT2D eigenvalue weighted by Gasteiger charge is 2.32. The van der Waals surface area contributed by atoms with E-state index in [1.165, 1.54) is 0 Å². The Bertz CT molecular complexity index is 1400. The average Bonchev–Trinajstić information content (AvgIpc) is 3.49. The Morgan fingerprint density at radius 2 is 1.86 bits per heavy atom. The molecule has 2 aromatic carbocycles. The second kappa shape index (κ2) is 12.7. The average molecular weight is 647 g/mol. The first-order valence-electron chi connectivity index (χ1n) is 13.6. The van der Waals surface area contributed by atoms with Crippen LogP contribution in [0.2, 0.25) is 0 Å². The number of halogens is 1. The van der Waals surface area contributed by atoms with E-state index in [2.05, 4.69) is 5.32 Å². The molecule has 1 fully saturated rings. The fraction of sp³-hybridized carbons (Fsp3) is 0.467. The van der Waals surface area contributed by atoms with Gasteiger partial charge in [-0.1, -0.05) is 20.8 Å². The summed E-state index contributed by atoms with van der Waals surface area (Å²) in [6, 6.07) is 7.00. The van der Waals surface area contributed by atoms with Gasteiger partial charge in [0.15, 0.2) is 5.78 Å². The number of ether oxygens (including phenoxy) is 1. The van der Waals surface area contributed by atoms with Crippen LogP contribution in [0.1, 0.15) is 64.6 Å². The fourth-order valence-corrected chi connectivity index (χ4v) is 5.39. The summed E-state index contributed by atoms with van der Waals surface area (Å²) in [5.41, 5.74) is 3.78. The van der Waals surface area contributed by atoms with Crippen LogP contribution in [-0.4, -0.2) is 92.1 Å². The van der Waals surface area contributed by atoms with Crippen LogP contribution >= 0.6 is 17.0 Å². The van der Waals surface area contributed by atoms with Gasteiger partial charge >= 0.3 is 5.97 Å². The third-order valence-electron chi connectivity index (χ3n) is 7.59. The molecule has 4 rings (SSSR count). The van der Waals surface area contributed by atoms with E-state index in [9.17, 15) is 19.5 Å². The number of anilines is 2. The molecule has 0 aliphatic carbocycles. The van der Waals surface area contributed by atoms with Gasteiger partial charge in [-0.15, -0.1) is 17.0 Å². The van der Waals surface area contributed by atoms with Crippen molar-refractivity contribution in [1.82, 2.24) is 10.2 Å². The zero-order chi connectivity index (χ0) is 30.2. The van der Waals surface area contributed by atoms with Crippen LogP contribution in [-0.2, 0) is 21.5 Å². The number of phenolic OH excluding ortho intramolecular Hbond substituents is 1. The van der Waals surface area contributed by atoms with Crippen LogP contribution in [0.15, 0.2) is 24.3 Å². The van der Waals surface area contributed by atoms with Crippen LogP contribution in [0.5, 0.6) is 5.75 Å². The second-order valence-electron chi connectivity index (χ2n) is 11.8. The van der Waals surface area contributed by atoms with Gasteiger partial charge < -0.3 is 35.0 Å². The maximum Gasteiger partial charge on any atom is 0.329 e. The van der Waals surface area contributed by atoms with Gasteiger partial charge in [0.25, 0.3) is 5.91 Å². The van der Waals surface area contributed by atoms with Gasteiger partial charge in [-0.25, -0.2) is 4.79 Å². The number of benzene rings is 2. The zero-order valence-electron chi connectivity index (χ0n) is 24.9. The van der Waals surface area contributed by atoms with E-state index in [1.54, 1.807) is 30.1 Å². The topological polar surface area (TPSA) is 146 Å². The summed E-state index contributed by atoms with van der Waals surface area (Å²) in [5.74, 6) is -1.22. The molecule has 42 heavy (non-hydrogen) atoms. The second-order valence-corrected chi connectivity index (χ2v) is 11.8. The monoisotopic (exact) mass is 645 g/mol. The minimum absolute atomic E-state index is 0. The first-order valence-corrected chi connectivity index (χ1v) is 13.6. The Kier molecular flexibility index (Phi) is 9.94. The number of phenols is 1. The van der Waals surface area contributed by atoms with E-state index < -0.39 is 11.4 Å². The fourth-order valence-electron chi connectivity index (χ4n) is 5.39. The quantitative estimate of drug-likeness (QED) is 0.301. The molecule has 2 aliphatic heterocycles. The van der Waals surface area contributed by atoms with Crippen molar-refractivity contribution < 1.29 is 29.3 Å². The Morgan fingerprint density at radius 1 is 1.17 bits per heavy atom. The number of amides is 1. The van der Waals surface area contributed by atoms with Crippen LogP contribution in [0.3, 0.4) is 0 Å². The molecule has 4 N–H and O–H groups in total. The molecule has 0 aromatic heterocycles. The van der Waals surface area contributed by atoms with Crippen molar-refractivity contribution in [2.45, 2.75) is 45.3 Å².